The van der Waals surface area contributed by atoms with E-state index in [0.717, 1.165) is 11.1 Å². The Bertz CT molecular complexity index is 780. The third kappa shape index (κ3) is 5.66. The number of amides is 2. The van der Waals surface area contributed by atoms with Crippen LogP contribution in [0.1, 0.15) is 57.1 Å². The van der Waals surface area contributed by atoms with Crippen molar-refractivity contribution in [3.63, 3.8) is 0 Å². The van der Waals surface area contributed by atoms with Gasteiger partial charge in [0, 0.05) is 50.9 Å². The molecule has 5 heteroatoms. The van der Waals surface area contributed by atoms with E-state index in [4.69, 9.17) is 0 Å². The van der Waals surface area contributed by atoms with Crippen molar-refractivity contribution in [1.82, 2.24) is 14.8 Å². The molecule has 0 bridgehead atoms. The second-order valence-corrected chi connectivity index (χ2v) is 8.21. The number of pyridine rings is 1. The molecule has 0 aliphatic heterocycles. The molecule has 2 amide bonds. The topological polar surface area (TPSA) is 53.5 Å². The molecule has 5 nitrogen and oxygen atoms in total. The normalized spacial score (nSPS) is 13.2. The van der Waals surface area contributed by atoms with Gasteiger partial charge in [-0.1, -0.05) is 36.4 Å². The molecule has 0 aliphatic carbocycles. The predicted molar refractivity (Wildman–Crippen MR) is 117 cm³/mol. The number of hydrogen-bond acceptors (Lipinski definition) is 3. The van der Waals surface area contributed by atoms with Gasteiger partial charge in [-0.05, 0) is 44.9 Å². The van der Waals surface area contributed by atoms with Gasteiger partial charge in [-0.25, -0.2) is 0 Å². The number of aromatic nitrogens is 1. The van der Waals surface area contributed by atoms with Crippen molar-refractivity contribution in [2.24, 2.45) is 0 Å². The summed E-state index contributed by atoms with van der Waals surface area (Å²) in [5.74, 6) is -0.729. The fourth-order valence-corrected chi connectivity index (χ4v) is 3.87. The van der Waals surface area contributed by atoms with Crippen molar-refractivity contribution in [1.29, 1.82) is 0 Å². The van der Waals surface area contributed by atoms with Crippen LogP contribution in [0.25, 0.3) is 0 Å². The zero-order chi connectivity index (χ0) is 21.6. The van der Waals surface area contributed by atoms with E-state index in [1.54, 1.807) is 31.4 Å². The van der Waals surface area contributed by atoms with Crippen molar-refractivity contribution in [3.8, 4) is 0 Å². The van der Waals surface area contributed by atoms with E-state index in [-0.39, 0.29) is 36.2 Å². The third-order valence-electron chi connectivity index (χ3n) is 5.20. The van der Waals surface area contributed by atoms with E-state index in [1.807, 2.05) is 75.1 Å². The van der Waals surface area contributed by atoms with Crippen LogP contribution in [-0.4, -0.2) is 52.8 Å². The maximum absolute atomic E-state index is 13.9. The molecule has 0 aliphatic rings. The highest BCUT2D eigenvalue weighted by molar-refractivity contribution is 5.87. The van der Waals surface area contributed by atoms with Gasteiger partial charge in [0.1, 0.15) is 0 Å². The van der Waals surface area contributed by atoms with Crippen LogP contribution in [0.15, 0.2) is 54.9 Å². The second kappa shape index (κ2) is 10.2. The summed E-state index contributed by atoms with van der Waals surface area (Å²) in [5.41, 5.74) is 1.82. The van der Waals surface area contributed by atoms with Gasteiger partial charge in [-0.2, -0.15) is 0 Å². The number of hydrogen-bond donors (Lipinski definition) is 0. The summed E-state index contributed by atoms with van der Waals surface area (Å²) in [6.07, 6.45) is 3.71. The number of carbonyl (C=O) groups is 2. The fraction of sp³-hybridized carbons (Fsp3) is 0.458. The van der Waals surface area contributed by atoms with E-state index in [2.05, 4.69) is 4.98 Å². The summed E-state index contributed by atoms with van der Waals surface area (Å²) in [6, 6.07) is 13.8. The van der Waals surface area contributed by atoms with Gasteiger partial charge >= 0.3 is 0 Å². The van der Waals surface area contributed by atoms with E-state index in [9.17, 15) is 9.59 Å². The molecule has 0 fully saturated rings. The molecule has 0 radical (unpaired) electrons. The summed E-state index contributed by atoms with van der Waals surface area (Å²) >= 11 is 0. The molecule has 2 rings (SSSR count). The Kier molecular flexibility index (Phi) is 7.94. The van der Waals surface area contributed by atoms with E-state index >= 15 is 0 Å². The lowest BCUT2D eigenvalue weighted by atomic mass is 9.78. The molecule has 2 atom stereocenters. The highest BCUT2D eigenvalue weighted by atomic mass is 16.2. The zero-order valence-corrected chi connectivity index (χ0v) is 18.4. The first-order valence-electron chi connectivity index (χ1n) is 10.2. The first-order valence-corrected chi connectivity index (χ1v) is 10.2. The molecule has 2 aromatic rings. The summed E-state index contributed by atoms with van der Waals surface area (Å²) in [5, 5.41) is 0. The molecular weight excluding hydrogens is 362 g/mol. The lowest BCUT2D eigenvalue weighted by Gasteiger charge is -2.37. The lowest BCUT2D eigenvalue weighted by Crippen LogP contribution is -2.46. The van der Waals surface area contributed by atoms with Gasteiger partial charge in [0.25, 0.3) is 0 Å². The SMILES string of the molecule is CC(C)N(C(=O)C(c1cccnc1)C(CC(=O)N(C)C)c1ccccc1)C(C)C. The van der Waals surface area contributed by atoms with Crippen LogP contribution in [0.5, 0.6) is 0 Å². The van der Waals surface area contributed by atoms with Gasteiger partial charge in [0.15, 0.2) is 0 Å². The maximum atomic E-state index is 13.9. The number of benzene rings is 1. The number of nitrogens with zero attached hydrogens (tertiary/aromatic N) is 3. The summed E-state index contributed by atoms with van der Waals surface area (Å²) in [6.45, 7) is 8.11. The molecule has 0 spiro atoms. The van der Waals surface area contributed by atoms with Crippen molar-refractivity contribution in [2.75, 3.05) is 14.1 Å². The van der Waals surface area contributed by atoms with E-state index < -0.39 is 5.92 Å². The molecule has 2 unspecified atom stereocenters. The molecule has 1 aromatic heterocycles. The largest absolute Gasteiger partial charge is 0.349 e. The van der Waals surface area contributed by atoms with E-state index in [0.29, 0.717) is 0 Å². The summed E-state index contributed by atoms with van der Waals surface area (Å²) in [4.78, 5) is 34.3. The van der Waals surface area contributed by atoms with Crippen LogP contribution in [0, 0.1) is 0 Å². The Labute approximate surface area is 174 Å². The van der Waals surface area contributed by atoms with Gasteiger partial charge in [0.05, 0.1) is 5.92 Å². The van der Waals surface area contributed by atoms with Crippen molar-refractivity contribution in [2.45, 2.75) is 58.0 Å². The van der Waals surface area contributed by atoms with Crippen LogP contribution in [0.3, 0.4) is 0 Å². The fourth-order valence-electron chi connectivity index (χ4n) is 3.87. The van der Waals surface area contributed by atoms with Crippen molar-refractivity contribution < 1.29 is 9.59 Å². The molecular formula is C24H33N3O2. The molecule has 1 aromatic carbocycles. The Morgan fingerprint density at radius 3 is 1.97 bits per heavy atom. The monoisotopic (exact) mass is 395 g/mol. The third-order valence-corrected chi connectivity index (χ3v) is 5.20. The molecule has 1 heterocycles. The minimum atomic E-state index is -0.486. The van der Waals surface area contributed by atoms with E-state index in [1.165, 1.54) is 0 Å². The van der Waals surface area contributed by atoms with Crippen LogP contribution in [-0.2, 0) is 9.59 Å². The Hall–Kier alpha value is -2.69. The first kappa shape index (κ1) is 22.6. The predicted octanol–water partition coefficient (Wildman–Crippen LogP) is 4.07. The van der Waals surface area contributed by atoms with Crippen LogP contribution in [0.2, 0.25) is 0 Å². The molecule has 156 valence electrons. The smallest absolute Gasteiger partial charge is 0.231 e. The Morgan fingerprint density at radius 1 is 0.897 bits per heavy atom. The standard InChI is InChI=1S/C24H33N3O2/c1-17(2)27(18(3)4)24(29)23(20-13-10-14-25-16-20)21(15-22(28)26(5)6)19-11-8-7-9-12-19/h7-14,16-18,21,23H,15H2,1-6H3. The maximum Gasteiger partial charge on any atom is 0.231 e. The highest BCUT2D eigenvalue weighted by Gasteiger charge is 2.37. The van der Waals surface area contributed by atoms with Gasteiger partial charge in [0.2, 0.25) is 11.8 Å². The molecule has 29 heavy (non-hydrogen) atoms. The van der Waals surface area contributed by atoms with Crippen molar-refractivity contribution in [3.05, 3.63) is 66.0 Å². The molecule has 0 saturated heterocycles. The van der Waals surface area contributed by atoms with Crippen LogP contribution < -0.4 is 0 Å². The van der Waals surface area contributed by atoms with Gasteiger partial charge in [-0.3, -0.25) is 14.6 Å². The van der Waals surface area contributed by atoms with Gasteiger partial charge in [-0.15, -0.1) is 0 Å². The average Bonchev–Trinajstić information content (AvgIpc) is 2.68. The minimum Gasteiger partial charge on any atom is -0.349 e. The van der Waals surface area contributed by atoms with Gasteiger partial charge < -0.3 is 9.80 Å². The van der Waals surface area contributed by atoms with Crippen molar-refractivity contribution >= 4 is 11.8 Å². The number of rotatable bonds is 8. The zero-order valence-electron chi connectivity index (χ0n) is 18.4. The molecule has 0 saturated carbocycles. The second-order valence-electron chi connectivity index (χ2n) is 8.21. The molecule has 0 N–H and O–H groups in total. The minimum absolute atomic E-state index is 0.00110. The van der Waals surface area contributed by atoms with Crippen LogP contribution >= 0.6 is 0 Å². The summed E-state index contributed by atoms with van der Waals surface area (Å²) in [7, 11) is 3.50. The Balaban J connectivity index is 2.61. The highest BCUT2D eigenvalue weighted by Crippen LogP contribution is 2.38. The first-order chi connectivity index (χ1) is 13.7. The average molecular weight is 396 g/mol. The van der Waals surface area contributed by atoms with Crippen LogP contribution in [0.4, 0.5) is 0 Å². The lowest BCUT2D eigenvalue weighted by molar-refractivity contribution is -0.137. The Morgan fingerprint density at radius 2 is 1.48 bits per heavy atom. The number of carbonyl (C=O) groups excluding carboxylic acids is 2. The summed E-state index contributed by atoms with van der Waals surface area (Å²) < 4.78 is 0. The quantitative estimate of drug-likeness (QED) is 0.677.